The van der Waals surface area contributed by atoms with Gasteiger partial charge in [0.15, 0.2) is 0 Å². The van der Waals surface area contributed by atoms with Crippen LogP contribution >= 0.6 is 11.6 Å². The molecule has 18 heavy (non-hydrogen) atoms. The third kappa shape index (κ3) is 2.41. The zero-order valence-corrected chi connectivity index (χ0v) is 9.65. The van der Waals surface area contributed by atoms with Crippen molar-refractivity contribution in [3.8, 4) is 16.9 Å². The number of carboxylic acid groups (broad SMARTS) is 1. The lowest BCUT2D eigenvalue weighted by Gasteiger charge is -2.05. The minimum Gasteiger partial charge on any atom is -0.508 e. The van der Waals surface area contributed by atoms with E-state index in [4.69, 9.17) is 16.7 Å². The maximum absolute atomic E-state index is 13.1. The largest absolute Gasteiger partial charge is 0.508 e. The van der Waals surface area contributed by atoms with E-state index in [1.165, 1.54) is 18.3 Å². The highest BCUT2D eigenvalue weighted by molar-refractivity contribution is 6.32. The van der Waals surface area contributed by atoms with Crippen LogP contribution in [0.2, 0.25) is 5.15 Å². The van der Waals surface area contributed by atoms with E-state index in [0.29, 0.717) is 11.1 Å². The second kappa shape index (κ2) is 4.62. The second-order valence-electron chi connectivity index (χ2n) is 3.57. The van der Waals surface area contributed by atoms with Crippen LogP contribution in [0.4, 0.5) is 4.39 Å². The SMILES string of the molecule is O=C(O)c1cc(-c2cc(O)cc(F)c2)cnc1Cl. The Morgan fingerprint density at radius 3 is 2.56 bits per heavy atom. The van der Waals surface area contributed by atoms with Gasteiger partial charge >= 0.3 is 5.97 Å². The molecule has 0 atom stereocenters. The van der Waals surface area contributed by atoms with Crippen molar-refractivity contribution in [1.29, 1.82) is 0 Å². The van der Waals surface area contributed by atoms with Gasteiger partial charge in [0.1, 0.15) is 16.7 Å². The van der Waals surface area contributed by atoms with Gasteiger partial charge in [0, 0.05) is 17.8 Å². The maximum atomic E-state index is 13.1. The predicted octanol–water partition coefficient (Wildman–Crippen LogP) is 2.94. The van der Waals surface area contributed by atoms with Crippen LogP contribution in [0.3, 0.4) is 0 Å². The van der Waals surface area contributed by atoms with Crippen molar-refractivity contribution in [3.63, 3.8) is 0 Å². The number of rotatable bonds is 2. The molecule has 6 heteroatoms. The Hall–Kier alpha value is -2.14. The summed E-state index contributed by atoms with van der Waals surface area (Å²) in [6.45, 7) is 0. The van der Waals surface area contributed by atoms with Crippen LogP contribution in [0.1, 0.15) is 10.4 Å². The van der Waals surface area contributed by atoms with E-state index in [1.54, 1.807) is 0 Å². The summed E-state index contributed by atoms with van der Waals surface area (Å²) in [4.78, 5) is 14.6. The number of halogens is 2. The molecule has 2 aromatic rings. The van der Waals surface area contributed by atoms with E-state index in [1.807, 2.05) is 0 Å². The van der Waals surface area contributed by atoms with Crippen molar-refractivity contribution < 1.29 is 19.4 Å². The van der Waals surface area contributed by atoms with Gasteiger partial charge in [-0.05, 0) is 23.8 Å². The highest BCUT2D eigenvalue weighted by atomic mass is 35.5. The Bertz CT molecular complexity index is 610. The number of hydrogen-bond acceptors (Lipinski definition) is 3. The van der Waals surface area contributed by atoms with Gasteiger partial charge in [-0.1, -0.05) is 11.6 Å². The minimum absolute atomic E-state index is 0.146. The molecule has 0 aliphatic carbocycles. The van der Waals surface area contributed by atoms with Crippen molar-refractivity contribution in [2.45, 2.75) is 0 Å². The van der Waals surface area contributed by atoms with Gasteiger partial charge in [-0.3, -0.25) is 0 Å². The first-order chi connectivity index (χ1) is 8.47. The summed E-state index contributed by atoms with van der Waals surface area (Å²) < 4.78 is 13.1. The van der Waals surface area contributed by atoms with Crippen molar-refractivity contribution in [2.75, 3.05) is 0 Å². The molecular weight excluding hydrogens is 261 g/mol. The van der Waals surface area contributed by atoms with Crippen molar-refractivity contribution >= 4 is 17.6 Å². The highest BCUT2D eigenvalue weighted by Crippen LogP contribution is 2.27. The van der Waals surface area contributed by atoms with E-state index < -0.39 is 11.8 Å². The van der Waals surface area contributed by atoms with E-state index in [-0.39, 0.29) is 16.5 Å². The average molecular weight is 268 g/mol. The lowest BCUT2D eigenvalue weighted by Crippen LogP contribution is -1.99. The number of phenols is 1. The molecule has 1 aromatic heterocycles. The standard InChI is InChI=1S/C12H7ClFNO3/c13-11-10(12(17)18)3-7(5-15-11)6-1-8(14)4-9(16)2-6/h1-5,16H,(H,17,18). The summed E-state index contributed by atoms with van der Waals surface area (Å²) >= 11 is 5.63. The fourth-order valence-electron chi connectivity index (χ4n) is 1.50. The summed E-state index contributed by atoms with van der Waals surface area (Å²) in [5.74, 6) is -2.11. The molecule has 2 N–H and O–H groups in total. The Morgan fingerprint density at radius 1 is 1.22 bits per heavy atom. The summed E-state index contributed by atoms with van der Waals surface area (Å²) in [6, 6.07) is 4.69. The first kappa shape index (κ1) is 12.3. The molecule has 0 unspecified atom stereocenters. The number of phenolic OH excluding ortho intramolecular Hbond substituents is 1. The lowest BCUT2D eigenvalue weighted by molar-refractivity contribution is 0.0696. The summed E-state index contributed by atoms with van der Waals surface area (Å²) in [5, 5.41) is 18.0. The smallest absolute Gasteiger partial charge is 0.338 e. The molecule has 2 rings (SSSR count). The zero-order chi connectivity index (χ0) is 13.3. The van der Waals surface area contributed by atoms with Crippen LogP contribution in [-0.4, -0.2) is 21.2 Å². The van der Waals surface area contributed by atoms with Crippen LogP contribution in [0.25, 0.3) is 11.1 Å². The first-order valence-electron chi connectivity index (χ1n) is 4.86. The van der Waals surface area contributed by atoms with E-state index in [0.717, 1.165) is 12.1 Å². The molecule has 0 aliphatic rings. The number of nitrogens with zero attached hydrogens (tertiary/aromatic N) is 1. The van der Waals surface area contributed by atoms with E-state index in [2.05, 4.69) is 4.98 Å². The maximum Gasteiger partial charge on any atom is 0.338 e. The Kier molecular flexibility index (Phi) is 3.16. The van der Waals surface area contributed by atoms with Gasteiger partial charge < -0.3 is 10.2 Å². The second-order valence-corrected chi connectivity index (χ2v) is 3.92. The predicted molar refractivity (Wildman–Crippen MR) is 63.3 cm³/mol. The van der Waals surface area contributed by atoms with Gasteiger partial charge in [0.25, 0.3) is 0 Å². The molecule has 0 saturated heterocycles. The molecule has 0 radical (unpaired) electrons. The van der Waals surface area contributed by atoms with Crippen LogP contribution in [-0.2, 0) is 0 Å². The monoisotopic (exact) mass is 267 g/mol. The van der Waals surface area contributed by atoms with Crippen LogP contribution in [0, 0.1) is 5.82 Å². The molecule has 0 fully saturated rings. The third-order valence-electron chi connectivity index (χ3n) is 2.29. The van der Waals surface area contributed by atoms with Crippen LogP contribution in [0.15, 0.2) is 30.5 Å². The number of pyridine rings is 1. The molecule has 0 spiro atoms. The first-order valence-corrected chi connectivity index (χ1v) is 5.24. The van der Waals surface area contributed by atoms with Gasteiger partial charge in [-0.2, -0.15) is 0 Å². The molecule has 0 bridgehead atoms. The molecule has 1 aromatic carbocycles. The Balaban J connectivity index is 2.57. The topological polar surface area (TPSA) is 70.4 Å². The molecule has 0 aliphatic heterocycles. The number of aromatic hydroxyl groups is 1. The van der Waals surface area contributed by atoms with Crippen LogP contribution < -0.4 is 0 Å². The Morgan fingerprint density at radius 2 is 1.94 bits per heavy atom. The van der Waals surface area contributed by atoms with Gasteiger partial charge in [0.05, 0.1) is 5.56 Å². The normalized spacial score (nSPS) is 10.3. The van der Waals surface area contributed by atoms with E-state index >= 15 is 0 Å². The van der Waals surface area contributed by atoms with Gasteiger partial charge in [0.2, 0.25) is 0 Å². The molecular formula is C12H7ClFNO3. The number of aromatic nitrogens is 1. The minimum atomic E-state index is -1.23. The molecule has 1 heterocycles. The number of benzene rings is 1. The number of aromatic carboxylic acids is 1. The lowest BCUT2D eigenvalue weighted by atomic mass is 10.1. The quantitative estimate of drug-likeness (QED) is 0.821. The number of carbonyl (C=O) groups is 1. The summed E-state index contributed by atoms with van der Waals surface area (Å²) in [5.41, 5.74) is 0.490. The molecule has 4 nitrogen and oxygen atoms in total. The fourth-order valence-corrected chi connectivity index (χ4v) is 1.68. The van der Waals surface area contributed by atoms with Crippen LogP contribution in [0.5, 0.6) is 5.75 Å². The van der Waals surface area contributed by atoms with Gasteiger partial charge in [-0.15, -0.1) is 0 Å². The third-order valence-corrected chi connectivity index (χ3v) is 2.59. The molecule has 0 amide bonds. The highest BCUT2D eigenvalue weighted by Gasteiger charge is 2.12. The zero-order valence-electron chi connectivity index (χ0n) is 8.89. The summed E-state index contributed by atoms with van der Waals surface area (Å²) in [7, 11) is 0. The Labute approximate surface area is 106 Å². The summed E-state index contributed by atoms with van der Waals surface area (Å²) in [6.07, 6.45) is 1.31. The van der Waals surface area contributed by atoms with E-state index in [9.17, 15) is 14.3 Å². The van der Waals surface area contributed by atoms with Crippen molar-refractivity contribution in [3.05, 3.63) is 47.0 Å². The van der Waals surface area contributed by atoms with Crippen molar-refractivity contribution in [1.82, 2.24) is 4.98 Å². The van der Waals surface area contributed by atoms with Gasteiger partial charge in [-0.25, -0.2) is 14.2 Å². The fraction of sp³-hybridized carbons (Fsp3) is 0. The van der Waals surface area contributed by atoms with Crippen molar-refractivity contribution in [2.24, 2.45) is 0 Å². The number of hydrogen-bond donors (Lipinski definition) is 2. The molecule has 92 valence electrons. The molecule has 0 saturated carbocycles. The average Bonchev–Trinajstić information content (AvgIpc) is 2.27. The number of carboxylic acids is 1.